The van der Waals surface area contributed by atoms with Crippen LogP contribution in [0.3, 0.4) is 0 Å². The van der Waals surface area contributed by atoms with Gasteiger partial charge in [-0.2, -0.15) is 5.10 Å². The van der Waals surface area contributed by atoms with Crippen LogP contribution in [0.5, 0.6) is 0 Å². The molecule has 0 bridgehead atoms. The van der Waals surface area contributed by atoms with Gasteiger partial charge in [-0.05, 0) is 23.8 Å². The molecule has 1 aromatic heterocycles. The van der Waals surface area contributed by atoms with Gasteiger partial charge in [0, 0.05) is 37.5 Å². The van der Waals surface area contributed by atoms with E-state index in [2.05, 4.69) is 15.5 Å². The number of ether oxygens (including phenoxy) is 1. The van der Waals surface area contributed by atoms with E-state index in [0.717, 1.165) is 16.9 Å². The lowest BCUT2D eigenvalue weighted by Gasteiger charge is -2.23. The summed E-state index contributed by atoms with van der Waals surface area (Å²) < 4.78 is 5.39. The Labute approximate surface area is 134 Å². The number of carbonyl (C=O) groups is 1. The number of H-pyrrole nitrogens is 1. The molecule has 0 spiro atoms. The number of hydrogen-bond acceptors (Lipinski definition) is 4. The standard InChI is InChI=1S/C16H20N4O3/c21-10-12-9-20(7-8-23-11-12)16(22)18-14-3-1-13(2-4-14)15-5-6-17-19-15/h1-6,12,21H,7-11H2,(H,17,19)(H,18,22)/t12-/m1/s1. The van der Waals surface area contributed by atoms with Gasteiger partial charge in [-0.15, -0.1) is 0 Å². The SMILES string of the molecule is O=C(Nc1ccc(-c2ccn[nH]2)cc1)N1CCOC[C@@H](CO)C1. The highest BCUT2D eigenvalue weighted by molar-refractivity contribution is 5.89. The number of aromatic nitrogens is 2. The second-order valence-corrected chi connectivity index (χ2v) is 5.55. The largest absolute Gasteiger partial charge is 0.396 e. The summed E-state index contributed by atoms with van der Waals surface area (Å²) >= 11 is 0. The number of benzene rings is 1. The molecule has 3 rings (SSSR count). The van der Waals surface area contributed by atoms with Gasteiger partial charge < -0.3 is 20.1 Å². The number of aliphatic hydroxyl groups excluding tert-OH is 1. The van der Waals surface area contributed by atoms with E-state index >= 15 is 0 Å². The molecule has 1 aromatic carbocycles. The third-order valence-corrected chi connectivity index (χ3v) is 3.83. The highest BCUT2D eigenvalue weighted by Gasteiger charge is 2.22. The first kappa shape index (κ1) is 15.5. The maximum atomic E-state index is 12.4. The third-order valence-electron chi connectivity index (χ3n) is 3.83. The summed E-state index contributed by atoms with van der Waals surface area (Å²) in [5, 5.41) is 19.0. The summed E-state index contributed by atoms with van der Waals surface area (Å²) in [6.07, 6.45) is 1.70. The van der Waals surface area contributed by atoms with Crippen molar-refractivity contribution in [3.63, 3.8) is 0 Å². The van der Waals surface area contributed by atoms with Gasteiger partial charge in [0.2, 0.25) is 0 Å². The van der Waals surface area contributed by atoms with Crippen molar-refractivity contribution in [2.24, 2.45) is 5.92 Å². The predicted molar refractivity (Wildman–Crippen MR) is 86.0 cm³/mol. The average molecular weight is 316 g/mol. The average Bonchev–Trinajstić information content (AvgIpc) is 3.00. The molecule has 1 fully saturated rings. The molecule has 1 atom stereocenters. The summed E-state index contributed by atoms with van der Waals surface area (Å²) in [6, 6.07) is 9.26. The van der Waals surface area contributed by atoms with E-state index in [1.165, 1.54) is 0 Å². The van der Waals surface area contributed by atoms with Crippen LogP contribution in [0.4, 0.5) is 10.5 Å². The van der Waals surface area contributed by atoms with Gasteiger partial charge in [-0.1, -0.05) is 12.1 Å². The van der Waals surface area contributed by atoms with E-state index in [-0.39, 0.29) is 18.6 Å². The number of amides is 2. The fourth-order valence-corrected chi connectivity index (χ4v) is 2.53. The van der Waals surface area contributed by atoms with Gasteiger partial charge in [0.25, 0.3) is 0 Å². The molecule has 0 aliphatic carbocycles. The van der Waals surface area contributed by atoms with E-state index < -0.39 is 0 Å². The van der Waals surface area contributed by atoms with E-state index in [4.69, 9.17) is 4.74 Å². The lowest BCUT2D eigenvalue weighted by Crippen LogP contribution is -2.39. The van der Waals surface area contributed by atoms with Gasteiger partial charge in [0.05, 0.1) is 18.9 Å². The van der Waals surface area contributed by atoms with Crippen LogP contribution in [-0.4, -0.2) is 59.1 Å². The molecule has 1 aliphatic heterocycles. The number of rotatable bonds is 3. The molecule has 7 heteroatoms. The predicted octanol–water partition coefficient (Wildman–Crippen LogP) is 1.55. The van der Waals surface area contributed by atoms with Crippen LogP contribution in [0.1, 0.15) is 0 Å². The van der Waals surface area contributed by atoms with Crippen molar-refractivity contribution in [3.05, 3.63) is 36.5 Å². The van der Waals surface area contributed by atoms with Crippen molar-refractivity contribution < 1.29 is 14.6 Å². The maximum absolute atomic E-state index is 12.4. The van der Waals surface area contributed by atoms with Crippen molar-refractivity contribution in [1.29, 1.82) is 0 Å². The molecule has 2 aromatic rings. The molecule has 0 saturated carbocycles. The molecular formula is C16H20N4O3. The topological polar surface area (TPSA) is 90.5 Å². The molecular weight excluding hydrogens is 296 g/mol. The fourth-order valence-electron chi connectivity index (χ4n) is 2.53. The van der Waals surface area contributed by atoms with Crippen molar-refractivity contribution in [2.45, 2.75) is 0 Å². The Morgan fingerprint density at radius 1 is 1.39 bits per heavy atom. The molecule has 2 heterocycles. The summed E-state index contributed by atoms with van der Waals surface area (Å²) in [5.74, 6) is -0.0361. The minimum atomic E-state index is -0.178. The Morgan fingerprint density at radius 3 is 2.91 bits per heavy atom. The zero-order valence-electron chi connectivity index (χ0n) is 12.7. The number of urea groups is 1. The van der Waals surface area contributed by atoms with E-state index in [1.807, 2.05) is 30.3 Å². The van der Waals surface area contributed by atoms with Crippen molar-refractivity contribution >= 4 is 11.7 Å². The Morgan fingerprint density at radius 2 is 2.22 bits per heavy atom. The summed E-state index contributed by atoms with van der Waals surface area (Å²) in [4.78, 5) is 14.0. The summed E-state index contributed by atoms with van der Waals surface area (Å²) in [5.41, 5.74) is 2.66. The third kappa shape index (κ3) is 3.88. The van der Waals surface area contributed by atoms with E-state index in [9.17, 15) is 9.90 Å². The second-order valence-electron chi connectivity index (χ2n) is 5.55. The van der Waals surface area contributed by atoms with Gasteiger partial charge >= 0.3 is 6.03 Å². The zero-order chi connectivity index (χ0) is 16.1. The minimum absolute atomic E-state index is 0.0165. The second kappa shape index (κ2) is 7.26. The first-order chi connectivity index (χ1) is 11.3. The molecule has 7 nitrogen and oxygen atoms in total. The molecule has 0 radical (unpaired) electrons. The fraction of sp³-hybridized carbons (Fsp3) is 0.375. The lowest BCUT2D eigenvalue weighted by molar-refractivity contribution is 0.0958. The number of anilines is 1. The van der Waals surface area contributed by atoms with E-state index in [0.29, 0.717) is 26.3 Å². The highest BCUT2D eigenvalue weighted by Crippen LogP contribution is 2.19. The molecule has 23 heavy (non-hydrogen) atoms. The minimum Gasteiger partial charge on any atom is -0.396 e. The van der Waals surface area contributed by atoms with Crippen LogP contribution in [0.25, 0.3) is 11.3 Å². The Bertz CT molecular complexity index is 627. The first-order valence-electron chi connectivity index (χ1n) is 7.60. The number of hydrogen-bond donors (Lipinski definition) is 3. The monoisotopic (exact) mass is 316 g/mol. The van der Waals surface area contributed by atoms with Gasteiger partial charge in [-0.3, -0.25) is 5.10 Å². The van der Waals surface area contributed by atoms with Crippen molar-refractivity contribution in [2.75, 3.05) is 38.2 Å². The van der Waals surface area contributed by atoms with Crippen molar-refractivity contribution in [3.8, 4) is 11.3 Å². The van der Waals surface area contributed by atoms with Crippen LogP contribution >= 0.6 is 0 Å². The molecule has 0 unspecified atom stereocenters. The van der Waals surface area contributed by atoms with Gasteiger partial charge in [0.15, 0.2) is 0 Å². The van der Waals surface area contributed by atoms with Gasteiger partial charge in [-0.25, -0.2) is 4.79 Å². The van der Waals surface area contributed by atoms with Crippen LogP contribution < -0.4 is 5.32 Å². The lowest BCUT2D eigenvalue weighted by atomic mass is 10.1. The number of aliphatic hydroxyl groups is 1. The molecule has 1 saturated heterocycles. The van der Waals surface area contributed by atoms with Crippen LogP contribution in [0.2, 0.25) is 0 Å². The number of carbonyl (C=O) groups excluding carboxylic acids is 1. The van der Waals surface area contributed by atoms with Crippen molar-refractivity contribution in [1.82, 2.24) is 15.1 Å². The summed E-state index contributed by atoms with van der Waals surface area (Å²) in [6.45, 7) is 2.01. The van der Waals surface area contributed by atoms with Gasteiger partial charge in [0.1, 0.15) is 0 Å². The molecule has 3 N–H and O–H groups in total. The first-order valence-corrected chi connectivity index (χ1v) is 7.60. The quantitative estimate of drug-likeness (QED) is 0.801. The van der Waals surface area contributed by atoms with Crippen LogP contribution in [-0.2, 0) is 4.74 Å². The molecule has 2 amide bonds. The molecule has 122 valence electrons. The number of aromatic amines is 1. The van der Waals surface area contributed by atoms with Crippen LogP contribution in [0, 0.1) is 5.92 Å². The zero-order valence-corrected chi connectivity index (χ0v) is 12.7. The number of nitrogens with one attached hydrogen (secondary N) is 2. The highest BCUT2D eigenvalue weighted by atomic mass is 16.5. The maximum Gasteiger partial charge on any atom is 0.321 e. The smallest absolute Gasteiger partial charge is 0.321 e. The normalized spacial score (nSPS) is 18.5. The Hall–Kier alpha value is -2.38. The number of nitrogens with zero attached hydrogens (tertiary/aromatic N) is 2. The summed E-state index contributed by atoms with van der Waals surface area (Å²) in [7, 11) is 0. The Balaban J connectivity index is 1.63. The Kier molecular flexibility index (Phi) is 4.89. The van der Waals surface area contributed by atoms with Crippen LogP contribution in [0.15, 0.2) is 36.5 Å². The van der Waals surface area contributed by atoms with E-state index in [1.54, 1.807) is 11.1 Å². The molecule has 1 aliphatic rings.